The van der Waals surface area contributed by atoms with Gasteiger partial charge in [0, 0.05) is 31.4 Å². The number of hydrogen-bond donors (Lipinski definition) is 7. The number of carbonyl (C=O) groups excluding carboxylic acids is 1. The lowest BCUT2D eigenvalue weighted by Crippen LogP contribution is -2.72. The largest absolute Gasteiger partial charge is 0.338 e. The summed E-state index contributed by atoms with van der Waals surface area (Å²) >= 11 is 1.88. The molecule has 3 aromatic rings. The Balaban J connectivity index is 1.89. The van der Waals surface area contributed by atoms with Gasteiger partial charge in [-0.05, 0) is 86.7 Å². The first kappa shape index (κ1) is 52.4. The molecule has 0 heterocycles. The first-order valence-electron chi connectivity index (χ1n) is 24.5. The highest BCUT2D eigenvalue weighted by molar-refractivity contribution is 7.99. The van der Waals surface area contributed by atoms with Crippen molar-refractivity contribution in [2.45, 2.75) is 168 Å². The highest BCUT2D eigenvalue weighted by Gasteiger charge is 2.45. The Labute approximate surface area is 376 Å². The molecule has 0 bridgehead atoms. The molecule has 0 spiro atoms. The summed E-state index contributed by atoms with van der Waals surface area (Å²) in [6.07, 6.45) is 21.4. The number of carbonyl (C=O) groups is 1. The minimum Gasteiger partial charge on any atom is -0.338 e. The van der Waals surface area contributed by atoms with E-state index >= 15 is 4.79 Å². The second-order valence-corrected chi connectivity index (χ2v) is 17.9. The molecule has 0 saturated heterocycles. The van der Waals surface area contributed by atoms with Crippen LogP contribution in [0.3, 0.4) is 0 Å². The van der Waals surface area contributed by atoms with E-state index in [1.165, 1.54) is 70.6 Å². The molecule has 344 valence electrons. The van der Waals surface area contributed by atoms with Crippen molar-refractivity contribution in [3.8, 4) is 0 Å². The van der Waals surface area contributed by atoms with Crippen LogP contribution in [0.4, 0.5) is 11.4 Å². The molecule has 10 nitrogen and oxygen atoms in total. The maximum atomic E-state index is 15.5. The number of hydrazine groups is 4. The van der Waals surface area contributed by atoms with E-state index in [9.17, 15) is 0 Å². The Bertz CT molecular complexity index is 1510. The topological polar surface area (TPSA) is 108 Å². The Hall–Kier alpha value is -2.90. The van der Waals surface area contributed by atoms with Gasteiger partial charge in [-0.2, -0.15) is 16.9 Å². The van der Waals surface area contributed by atoms with Crippen LogP contribution in [0.2, 0.25) is 0 Å². The van der Waals surface area contributed by atoms with Crippen LogP contribution in [0.1, 0.15) is 157 Å². The van der Waals surface area contributed by atoms with Crippen LogP contribution in [-0.2, 0) is 4.79 Å². The third kappa shape index (κ3) is 20.9. The molecule has 7 N–H and O–H groups in total. The predicted octanol–water partition coefficient (Wildman–Crippen LogP) is 11.4. The van der Waals surface area contributed by atoms with Crippen LogP contribution in [0, 0.1) is 0 Å². The standard InChI is InChI=1S/C50H87N9OS/c1-6-11-14-15-16-17-18-27-39-52-50(37-43-61-10-5,59(56-45-32-21-19-22-33-45)57-47-35-29-31-44-30-24-25-34-46(44)47)49(60)55-48(51-38-9-4)36-23-20-28-42-58(53-40-13-8-3)54-41-26-12-7-2/h19,21-22,24-25,29-35,48,51-54,56-57H,6-18,20,23,26-28,36-43H2,1-5H3,(H,55,60)/t48?,50-/m0/s1. The number of amides is 1. The van der Waals surface area contributed by atoms with Crippen molar-refractivity contribution >= 4 is 39.8 Å². The molecule has 11 heteroatoms. The van der Waals surface area contributed by atoms with E-state index in [-0.39, 0.29) is 12.1 Å². The summed E-state index contributed by atoms with van der Waals surface area (Å²) in [7, 11) is 0. The average molecular weight is 862 g/mol. The first-order valence-corrected chi connectivity index (χ1v) is 25.6. The third-order valence-electron chi connectivity index (χ3n) is 11.3. The molecule has 1 amide bonds. The lowest BCUT2D eigenvalue weighted by Gasteiger charge is -2.44. The third-order valence-corrected chi connectivity index (χ3v) is 12.2. The maximum Gasteiger partial charge on any atom is 0.260 e. The van der Waals surface area contributed by atoms with Crippen molar-refractivity contribution in [2.24, 2.45) is 0 Å². The van der Waals surface area contributed by atoms with E-state index in [2.05, 4.69) is 132 Å². The molecule has 0 radical (unpaired) electrons. The fourth-order valence-corrected chi connectivity index (χ4v) is 8.34. The number of fused-ring (bicyclic) bond motifs is 1. The van der Waals surface area contributed by atoms with E-state index in [0.29, 0.717) is 6.42 Å². The molecule has 3 aromatic carbocycles. The van der Waals surface area contributed by atoms with Gasteiger partial charge in [-0.3, -0.25) is 26.3 Å². The highest BCUT2D eigenvalue weighted by Crippen LogP contribution is 2.29. The number of thioether (sulfide) groups is 1. The number of nitrogens with one attached hydrogen (secondary N) is 7. The highest BCUT2D eigenvalue weighted by atomic mass is 32.2. The van der Waals surface area contributed by atoms with Gasteiger partial charge in [-0.1, -0.05) is 166 Å². The molecule has 0 aromatic heterocycles. The average Bonchev–Trinajstić information content (AvgIpc) is 3.28. The molecule has 3 rings (SSSR count). The van der Waals surface area contributed by atoms with E-state index < -0.39 is 5.66 Å². The molecule has 61 heavy (non-hydrogen) atoms. The quantitative estimate of drug-likeness (QED) is 0.0170. The number of anilines is 2. The van der Waals surface area contributed by atoms with Gasteiger partial charge in [0.05, 0.1) is 17.5 Å². The molecule has 2 atom stereocenters. The normalized spacial score (nSPS) is 13.2. The van der Waals surface area contributed by atoms with Gasteiger partial charge in [-0.15, -0.1) is 5.12 Å². The summed E-state index contributed by atoms with van der Waals surface area (Å²) in [5, 5.41) is 17.7. The molecular formula is C50H87N9OS. The molecule has 0 aliphatic carbocycles. The van der Waals surface area contributed by atoms with E-state index in [4.69, 9.17) is 0 Å². The molecule has 0 aliphatic rings. The van der Waals surface area contributed by atoms with Crippen molar-refractivity contribution in [3.05, 3.63) is 72.8 Å². The minimum absolute atomic E-state index is 0.0314. The second kappa shape index (κ2) is 33.6. The number of rotatable bonds is 39. The SMILES string of the molecule is CCCCCCCCCCN[C@](CCSCC)(C(=O)NC(CCCCCN(NCCCC)NCCCCC)NCCC)N(Nc1ccccc1)Nc1cccc2ccccc12. The van der Waals surface area contributed by atoms with Gasteiger partial charge in [0.1, 0.15) is 0 Å². The van der Waals surface area contributed by atoms with Crippen molar-refractivity contribution < 1.29 is 4.79 Å². The molecular weight excluding hydrogens is 775 g/mol. The van der Waals surface area contributed by atoms with Crippen LogP contribution in [0.5, 0.6) is 0 Å². The van der Waals surface area contributed by atoms with Crippen LogP contribution < -0.4 is 37.7 Å². The summed E-state index contributed by atoms with van der Waals surface area (Å²) < 4.78 is 0. The Morgan fingerprint density at radius 2 is 1.26 bits per heavy atom. The smallest absolute Gasteiger partial charge is 0.260 e. The lowest BCUT2D eigenvalue weighted by molar-refractivity contribution is -0.135. The Morgan fingerprint density at radius 3 is 2.00 bits per heavy atom. The second-order valence-electron chi connectivity index (χ2n) is 16.5. The zero-order valence-electron chi connectivity index (χ0n) is 39.1. The van der Waals surface area contributed by atoms with Crippen LogP contribution in [0.25, 0.3) is 10.8 Å². The minimum atomic E-state index is -1.13. The van der Waals surface area contributed by atoms with Crippen molar-refractivity contribution in [1.29, 1.82) is 0 Å². The molecule has 1 unspecified atom stereocenters. The van der Waals surface area contributed by atoms with Gasteiger partial charge in [0.15, 0.2) is 5.66 Å². The van der Waals surface area contributed by atoms with Crippen LogP contribution >= 0.6 is 11.8 Å². The van der Waals surface area contributed by atoms with Crippen LogP contribution in [0.15, 0.2) is 72.8 Å². The van der Waals surface area contributed by atoms with Gasteiger partial charge in [0.25, 0.3) is 5.91 Å². The molecule has 0 fully saturated rings. The van der Waals surface area contributed by atoms with Gasteiger partial charge < -0.3 is 5.32 Å². The fourth-order valence-electron chi connectivity index (χ4n) is 7.61. The zero-order chi connectivity index (χ0) is 43.6. The van der Waals surface area contributed by atoms with Crippen molar-refractivity contribution in [1.82, 2.24) is 37.0 Å². The monoisotopic (exact) mass is 862 g/mol. The number of benzene rings is 3. The number of unbranched alkanes of at least 4 members (excludes halogenated alkanes) is 12. The Kier molecular flexibility index (Phi) is 28.9. The summed E-state index contributed by atoms with van der Waals surface area (Å²) in [5.74, 6) is 1.77. The van der Waals surface area contributed by atoms with E-state index in [1.54, 1.807) is 0 Å². The maximum absolute atomic E-state index is 15.5. The van der Waals surface area contributed by atoms with Gasteiger partial charge in [0.2, 0.25) is 0 Å². The van der Waals surface area contributed by atoms with E-state index in [0.717, 1.165) is 111 Å². The van der Waals surface area contributed by atoms with Gasteiger partial charge in [-0.25, -0.2) is 10.9 Å². The predicted molar refractivity (Wildman–Crippen MR) is 266 cm³/mol. The lowest BCUT2D eigenvalue weighted by atomic mass is 10.0. The van der Waals surface area contributed by atoms with Gasteiger partial charge >= 0.3 is 0 Å². The van der Waals surface area contributed by atoms with Crippen LogP contribution in [-0.4, -0.2) is 72.2 Å². The summed E-state index contributed by atoms with van der Waals surface area (Å²) in [4.78, 5) is 15.5. The Morgan fingerprint density at radius 1 is 0.623 bits per heavy atom. The van der Waals surface area contributed by atoms with Crippen molar-refractivity contribution in [2.75, 3.05) is 55.1 Å². The number of nitrogens with zero attached hydrogens (tertiary/aromatic N) is 2. The van der Waals surface area contributed by atoms with E-state index in [1.807, 2.05) is 35.1 Å². The molecule has 0 aliphatic heterocycles. The molecule has 0 saturated carbocycles. The number of para-hydroxylation sites is 1. The first-order chi connectivity index (χ1) is 30.0. The summed E-state index contributed by atoms with van der Waals surface area (Å²) in [5.41, 5.74) is 15.4. The summed E-state index contributed by atoms with van der Waals surface area (Å²) in [6.45, 7) is 15.7. The number of hydrogen-bond acceptors (Lipinski definition) is 10. The fraction of sp³-hybridized carbons (Fsp3) is 0.660. The van der Waals surface area contributed by atoms with Crippen molar-refractivity contribution in [3.63, 3.8) is 0 Å². The zero-order valence-corrected chi connectivity index (χ0v) is 39.9. The summed E-state index contributed by atoms with van der Waals surface area (Å²) in [6, 6.07) is 25.0.